The highest BCUT2D eigenvalue weighted by atomic mass is 32.1. The van der Waals surface area contributed by atoms with Gasteiger partial charge in [-0.25, -0.2) is 8.78 Å². The molecule has 0 fully saturated rings. The molecule has 2 rings (SSSR count). The molecule has 3 N–H and O–H groups in total. The van der Waals surface area contributed by atoms with Gasteiger partial charge in [0.1, 0.15) is 10.8 Å². The molecule has 0 saturated heterocycles. The minimum Gasteiger partial charge on any atom is -0.491 e. The third-order valence-corrected chi connectivity index (χ3v) is 2.98. The fourth-order valence-electron chi connectivity index (χ4n) is 1.84. The molecule has 110 valence electrons. The first-order chi connectivity index (χ1) is 10.0. The molecule has 0 unspecified atom stereocenters. The van der Waals surface area contributed by atoms with Crippen molar-refractivity contribution in [2.45, 2.75) is 6.92 Å². The minimum atomic E-state index is -0.485. The second-order valence-corrected chi connectivity index (χ2v) is 4.70. The van der Waals surface area contributed by atoms with Crippen LogP contribution < -0.4 is 15.8 Å². The van der Waals surface area contributed by atoms with Gasteiger partial charge in [-0.1, -0.05) is 12.2 Å². The summed E-state index contributed by atoms with van der Waals surface area (Å²) in [4.78, 5) is 0.0587. The molecule has 0 aliphatic carbocycles. The van der Waals surface area contributed by atoms with Crippen molar-refractivity contribution in [2.75, 3.05) is 11.9 Å². The summed E-state index contributed by atoms with van der Waals surface area (Å²) in [5.41, 5.74) is 6.91. The molecule has 0 radical (unpaired) electrons. The SMILES string of the molecule is CCOc1ccc(Nc2ccc(F)cc2C(N)=S)cc1F. The Morgan fingerprint density at radius 3 is 2.62 bits per heavy atom. The summed E-state index contributed by atoms with van der Waals surface area (Å²) in [6.45, 7) is 2.16. The minimum absolute atomic E-state index is 0.0587. The lowest BCUT2D eigenvalue weighted by molar-refractivity contribution is 0.321. The summed E-state index contributed by atoms with van der Waals surface area (Å²) in [7, 11) is 0. The third-order valence-electron chi connectivity index (χ3n) is 2.76. The van der Waals surface area contributed by atoms with Crippen LogP contribution in [0.5, 0.6) is 5.75 Å². The summed E-state index contributed by atoms with van der Waals surface area (Å²) in [5, 5.41) is 2.96. The van der Waals surface area contributed by atoms with E-state index in [-0.39, 0.29) is 10.7 Å². The molecule has 2 aromatic carbocycles. The number of halogens is 2. The molecule has 2 aromatic rings. The first-order valence-corrected chi connectivity index (χ1v) is 6.70. The van der Waals surface area contributed by atoms with Gasteiger partial charge in [0, 0.05) is 23.0 Å². The van der Waals surface area contributed by atoms with Gasteiger partial charge >= 0.3 is 0 Å². The van der Waals surface area contributed by atoms with Crippen molar-refractivity contribution in [3.63, 3.8) is 0 Å². The monoisotopic (exact) mass is 308 g/mol. The quantitative estimate of drug-likeness (QED) is 0.826. The van der Waals surface area contributed by atoms with E-state index in [2.05, 4.69) is 5.32 Å². The highest BCUT2D eigenvalue weighted by Gasteiger charge is 2.09. The van der Waals surface area contributed by atoms with Crippen molar-refractivity contribution in [1.82, 2.24) is 0 Å². The Morgan fingerprint density at radius 1 is 1.24 bits per heavy atom. The van der Waals surface area contributed by atoms with Crippen LogP contribution in [0.25, 0.3) is 0 Å². The number of ether oxygens (including phenoxy) is 1. The van der Waals surface area contributed by atoms with Crippen LogP contribution >= 0.6 is 12.2 Å². The van der Waals surface area contributed by atoms with E-state index in [9.17, 15) is 8.78 Å². The van der Waals surface area contributed by atoms with Crippen LogP contribution in [-0.4, -0.2) is 11.6 Å². The van der Waals surface area contributed by atoms with Crippen LogP contribution in [-0.2, 0) is 0 Å². The number of rotatable bonds is 5. The average Bonchev–Trinajstić information content (AvgIpc) is 2.44. The Hall–Kier alpha value is -2.21. The van der Waals surface area contributed by atoms with E-state index in [4.69, 9.17) is 22.7 Å². The number of anilines is 2. The number of hydrogen-bond donors (Lipinski definition) is 2. The number of hydrogen-bond acceptors (Lipinski definition) is 3. The molecule has 0 amide bonds. The molecule has 21 heavy (non-hydrogen) atoms. The van der Waals surface area contributed by atoms with Crippen molar-refractivity contribution < 1.29 is 13.5 Å². The molecule has 0 saturated carbocycles. The summed E-state index contributed by atoms with van der Waals surface area (Å²) < 4.78 is 32.1. The number of nitrogens with two attached hydrogens (primary N) is 1. The normalized spacial score (nSPS) is 10.2. The van der Waals surface area contributed by atoms with Gasteiger partial charge in [0.15, 0.2) is 11.6 Å². The fraction of sp³-hybridized carbons (Fsp3) is 0.133. The fourth-order valence-corrected chi connectivity index (χ4v) is 2.00. The van der Waals surface area contributed by atoms with Gasteiger partial charge in [0.25, 0.3) is 0 Å². The van der Waals surface area contributed by atoms with Crippen LogP contribution in [0.2, 0.25) is 0 Å². The topological polar surface area (TPSA) is 47.3 Å². The van der Waals surface area contributed by atoms with Crippen molar-refractivity contribution in [1.29, 1.82) is 0 Å². The van der Waals surface area contributed by atoms with Crippen molar-refractivity contribution >= 4 is 28.6 Å². The highest BCUT2D eigenvalue weighted by Crippen LogP contribution is 2.26. The van der Waals surface area contributed by atoms with E-state index in [0.29, 0.717) is 23.5 Å². The molecule has 3 nitrogen and oxygen atoms in total. The van der Waals surface area contributed by atoms with E-state index in [0.717, 1.165) is 0 Å². The molecule has 0 spiro atoms. The maximum atomic E-state index is 13.8. The predicted octanol–water partition coefficient (Wildman–Crippen LogP) is 3.74. The Labute approximate surface area is 126 Å². The highest BCUT2D eigenvalue weighted by molar-refractivity contribution is 7.80. The number of benzene rings is 2. The van der Waals surface area contributed by atoms with E-state index >= 15 is 0 Å². The molecule has 0 aliphatic rings. The van der Waals surface area contributed by atoms with Crippen LogP contribution in [0.15, 0.2) is 36.4 Å². The van der Waals surface area contributed by atoms with Crippen LogP contribution in [0.4, 0.5) is 20.2 Å². The molecule has 0 heterocycles. The van der Waals surface area contributed by atoms with Gasteiger partial charge in [-0.3, -0.25) is 0 Å². The first-order valence-electron chi connectivity index (χ1n) is 6.30. The third kappa shape index (κ3) is 3.66. The van der Waals surface area contributed by atoms with Gasteiger partial charge in [-0.05, 0) is 37.3 Å². The average molecular weight is 308 g/mol. The van der Waals surface area contributed by atoms with Crippen molar-refractivity contribution in [2.24, 2.45) is 5.73 Å². The van der Waals surface area contributed by atoms with Gasteiger partial charge in [-0.15, -0.1) is 0 Å². The van der Waals surface area contributed by atoms with E-state index in [1.807, 2.05) is 0 Å². The molecular weight excluding hydrogens is 294 g/mol. The second-order valence-electron chi connectivity index (χ2n) is 4.26. The zero-order valence-electron chi connectivity index (χ0n) is 11.3. The smallest absolute Gasteiger partial charge is 0.167 e. The van der Waals surface area contributed by atoms with E-state index in [1.165, 1.54) is 30.3 Å². The Bertz CT molecular complexity index is 677. The Balaban J connectivity index is 2.30. The van der Waals surface area contributed by atoms with Crippen LogP contribution in [0, 0.1) is 11.6 Å². The number of nitrogens with one attached hydrogen (secondary N) is 1. The molecular formula is C15H14F2N2OS. The zero-order chi connectivity index (χ0) is 15.4. The van der Waals surface area contributed by atoms with E-state index < -0.39 is 11.6 Å². The van der Waals surface area contributed by atoms with Crippen molar-refractivity contribution in [3.8, 4) is 5.75 Å². The van der Waals surface area contributed by atoms with Crippen LogP contribution in [0.3, 0.4) is 0 Å². The maximum absolute atomic E-state index is 13.8. The summed E-state index contributed by atoms with van der Waals surface area (Å²) in [6.07, 6.45) is 0. The van der Waals surface area contributed by atoms with Gasteiger partial charge in [0.05, 0.1) is 6.61 Å². The maximum Gasteiger partial charge on any atom is 0.167 e. The lowest BCUT2D eigenvalue weighted by Gasteiger charge is -2.12. The summed E-state index contributed by atoms with van der Waals surface area (Å²) >= 11 is 4.88. The summed E-state index contributed by atoms with van der Waals surface area (Å²) in [5.74, 6) is -0.751. The molecule has 0 bridgehead atoms. The Kier molecular flexibility index (Phi) is 4.70. The predicted molar refractivity (Wildman–Crippen MR) is 83.1 cm³/mol. The van der Waals surface area contributed by atoms with Gasteiger partial charge in [0.2, 0.25) is 0 Å². The van der Waals surface area contributed by atoms with Gasteiger partial charge < -0.3 is 15.8 Å². The van der Waals surface area contributed by atoms with Crippen molar-refractivity contribution in [3.05, 3.63) is 53.6 Å². The molecule has 0 aliphatic heterocycles. The Morgan fingerprint density at radius 2 is 2.00 bits per heavy atom. The molecule has 6 heteroatoms. The molecule has 0 aromatic heterocycles. The zero-order valence-corrected chi connectivity index (χ0v) is 12.1. The summed E-state index contributed by atoms with van der Waals surface area (Å²) in [6, 6.07) is 8.46. The second kappa shape index (κ2) is 6.49. The lowest BCUT2D eigenvalue weighted by atomic mass is 10.1. The first kappa shape index (κ1) is 15.2. The van der Waals surface area contributed by atoms with E-state index in [1.54, 1.807) is 13.0 Å². The largest absolute Gasteiger partial charge is 0.491 e. The molecule has 0 atom stereocenters. The van der Waals surface area contributed by atoms with Gasteiger partial charge in [-0.2, -0.15) is 0 Å². The lowest BCUT2D eigenvalue weighted by Crippen LogP contribution is -2.12. The standard InChI is InChI=1S/C15H14F2N2OS/c1-2-20-14-6-4-10(8-12(14)17)19-13-5-3-9(16)7-11(13)15(18)21/h3-8,19H,2H2,1H3,(H2,18,21). The van der Waals surface area contributed by atoms with Crippen LogP contribution in [0.1, 0.15) is 12.5 Å². The number of thiocarbonyl (C=S) groups is 1.